The van der Waals surface area contributed by atoms with Crippen LogP contribution in [-0.4, -0.2) is 4.98 Å². The molecule has 1 nitrogen and oxygen atoms in total. The SMILES string of the molecule is C[C-](C)C.C[C-](C)C.[CH2-]c1c[c-]ncc1.[V+2].[V+2].[V].[V].[V]. The van der Waals surface area contributed by atoms with Crippen molar-refractivity contribution < 1.29 is 92.8 Å². The molecule has 0 atom stereocenters. The van der Waals surface area contributed by atoms with E-state index in [9.17, 15) is 0 Å². The van der Waals surface area contributed by atoms with Gasteiger partial charge in [-0.25, -0.2) is 0 Å². The minimum Gasteiger partial charge on any atom is -0.421 e. The maximum absolute atomic E-state index is 3.68. The van der Waals surface area contributed by atoms with Gasteiger partial charge in [0.25, 0.3) is 0 Å². The molecule has 1 aromatic rings. The van der Waals surface area contributed by atoms with E-state index < -0.39 is 0 Å². The van der Waals surface area contributed by atoms with Gasteiger partial charge in [-0.3, -0.25) is 19.1 Å². The first kappa shape index (κ1) is 43.1. The number of rotatable bonds is 0. The van der Waals surface area contributed by atoms with E-state index in [-0.39, 0.29) is 92.8 Å². The smallest absolute Gasteiger partial charge is 0.421 e. The van der Waals surface area contributed by atoms with Gasteiger partial charge in [-0.2, -0.15) is 41.5 Å². The summed E-state index contributed by atoms with van der Waals surface area (Å²) in [4.78, 5) is 3.68. The van der Waals surface area contributed by atoms with Crippen molar-refractivity contribution in [3.05, 3.63) is 48.8 Å². The molecule has 5 radical (unpaired) electrons. The zero-order valence-corrected chi connectivity index (χ0v) is 20.1. The van der Waals surface area contributed by atoms with Gasteiger partial charge in [-0.05, 0) is 0 Å². The van der Waals surface area contributed by atoms with E-state index in [1.54, 1.807) is 12.3 Å². The van der Waals surface area contributed by atoms with Crippen molar-refractivity contribution in [2.45, 2.75) is 41.5 Å². The largest absolute Gasteiger partial charge is 2.00 e. The Labute approximate surface area is 186 Å². The molecule has 0 aromatic carbocycles. The number of aromatic nitrogens is 1. The second kappa shape index (κ2) is 32.8. The van der Waals surface area contributed by atoms with Crippen LogP contribution in [0.1, 0.15) is 47.1 Å². The van der Waals surface area contributed by atoms with Crippen molar-refractivity contribution >= 4 is 0 Å². The predicted molar refractivity (Wildman–Crippen MR) is 68.1 cm³/mol. The number of nitrogens with zero attached hydrogens (tertiary/aromatic N) is 1. The third-order valence-electron chi connectivity index (χ3n) is 0.688. The number of pyridine rings is 1. The van der Waals surface area contributed by atoms with Gasteiger partial charge >= 0.3 is 37.1 Å². The number of hydrogen-bond donors (Lipinski definition) is 0. The Morgan fingerprint density at radius 1 is 0.900 bits per heavy atom. The normalized spacial score (nSPS) is 6.60. The molecule has 0 unspecified atom stereocenters. The van der Waals surface area contributed by atoms with Crippen LogP contribution in [0.5, 0.6) is 0 Å². The van der Waals surface area contributed by atoms with Crippen molar-refractivity contribution in [2.24, 2.45) is 0 Å². The predicted octanol–water partition coefficient (Wildman–Crippen LogP) is 4.29. The Hall–Kier alpha value is 1.94. The maximum Gasteiger partial charge on any atom is 2.00 e. The van der Waals surface area contributed by atoms with E-state index in [0.29, 0.717) is 0 Å². The zero-order chi connectivity index (χ0) is 12.3. The van der Waals surface area contributed by atoms with Gasteiger partial charge in [0.2, 0.25) is 0 Å². The molecule has 0 saturated carbocycles. The molecule has 0 aliphatic heterocycles. The van der Waals surface area contributed by atoms with Gasteiger partial charge < -0.3 is 22.4 Å². The monoisotopic (exact) mass is 460 g/mol. The van der Waals surface area contributed by atoms with Crippen LogP contribution in [0.3, 0.4) is 0 Å². The van der Waals surface area contributed by atoms with Gasteiger partial charge in [-0.1, -0.05) is 0 Å². The quantitative estimate of drug-likeness (QED) is 0.527. The second-order valence-corrected chi connectivity index (χ2v) is 4.29. The summed E-state index contributed by atoms with van der Waals surface area (Å²) in [5, 5.41) is 0. The second-order valence-electron chi connectivity index (χ2n) is 4.29. The van der Waals surface area contributed by atoms with Gasteiger partial charge in [0.05, 0.1) is 0 Å². The zero-order valence-electron chi connectivity index (χ0n) is 13.1. The molecule has 0 N–H and O–H groups in total. The molecule has 20 heavy (non-hydrogen) atoms. The molecule has 0 saturated heterocycles. The Balaban J connectivity index is -0.0000000237. The van der Waals surface area contributed by atoms with Crippen LogP contribution in [-0.2, 0) is 92.8 Å². The summed E-state index contributed by atoms with van der Waals surface area (Å²) < 4.78 is 0. The summed E-state index contributed by atoms with van der Waals surface area (Å²) >= 11 is 0. The molecular weight excluding hydrogens is 437 g/mol. The van der Waals surface area contributed by atoms with E-state index in [2.05, 4.69) is 59.6 Å². The topological polar surface area (TPSA) is 12.9 Å². The molecule has 0 spiro atoms. The van der Waals surface area contributed by atoms with Crippen LogP contribution in [0.4, 0.5) is 0 Å². The third kappa shape index (κ3) is 72.4. The molecular formula is C14H23NV5. The van der Waals surface area contributed by atoms with Gasteiger partial charge in [0, 0.05) is 55.7 Å². The molecule has 1 heterocycles. The Kier molecular flexibility index (Phi) is 70.6. The van der Waals surface area contributed by atoms with Crippen molar-refractivity contribution in [1.29, 1.82) is 0 Å². The summed E-state index contributed by atoms with van der Waals surface area (Å²) in [6.45, 7) is 16.1. The van der Waals surface area contributed by atoms with E-state index in [4.69, 9.17) is 0 Å². The first-order valence-electron chi connectivity index (χ1n) is 5.03. The summed E-state index contributed by atoms with van der Waals surface area (Å²) in [5.74, 6) is 2.83. The Morgan fingerprint density at radius 3 is 1.30 bits per heavy atom. The fraction of sp³-hybridized carbons (Fsp3) is 0.429. The molecule has 6 heteroatoms. The molecule has 109 valence electrons. The minimum absolute atomic E-state index is 0. The Morgan fingerprint density at radius 2 is 1.20 bits per heavy atom. The van der Waals surface area contributed by atoms with Crippen LogP contribution in [0, 0.1) is 25.0 Å². The van der Waals surface area contributed by atoms with Gasteiger partial charge in [0.15, 0.2) is 0 Å². The molecule has 0 fully saturated rings. The van der Waals surface area contributed by atoms with Gasteiger partial charge in [-0.15, -0.1) is 12.4 Å². The van der Waals surface area contributed by atoms with E-state index >= 15 is 0 Å². The van der Waals surface area contributed by atoms with Crippen molar-refractivity contribution in [1.82, 2.24) is 4.98 Å². The van der Waals surface area contributed by atoms with Crippen LogP contribution in [0.25, 0.3) is 0 Å². The third-order valence-corrected chi connectivity index (χ3v) is 0.688. The Bertz CT molecular complexity index is 207. The fourth-order valence-corrected chi connectivity index (χ4v) is 0.344. The van der Waals surface area contributed by atoms with Crippen LogP contribution < -0.4 is 0 Å². The summed E-state index contributed by atoms with van der Waals surface area (Å²) in [6.07, 6.45) is 4.32. The first-order chi connectivity index (χ1) is 6.86. The molecule has 0 aliphatic carbocycles. The van der Waals surface area contributed by atoms with Crippen LogP contribution >= 0.6 is 0 Å². The van der Waals surface area contributed by atoms with E-state index in [0.717, 1.165) is 5.56 Å². The fourth-order valence-electron chi connectivity index (χ4n) is 0.344. The summed E-state index contributed by atoms with van der Waals surface area (Å²) in [7, 11) is 0. The molecule has 1 rings (SSSR count). The van der Waals surface area contributed by atoms with E-state index in [1.807, 2.05) is 6.07 Å². The molecule has 0 amide bonds. The van der Waals surface area contributed by atoms with Crippen molar-refractivity contribution in [2.75, 3.05) is 0 Å². The molecule has 0 bridgehead atoms. The molecule has 0 aliphatic rings. The minimum atomic E-state index is 0. The summed E-state index contributed by atoms with van der Waals surface area (Å²) in [6, 6.07) is 3.57. The van der Waals surface area contributed by atoms with E-state index in [1.165, 1.54) is 11.8 Å². The standard InChI is InChI=1S/C6H5N.2C4H9.5V/c1-6-2-4-7-5-3-6;2*1-4(2)3;;;;;/h2-4H,1H2;2*1-3H3;;;;;/q-2;2*-1;;;;2*+2. The number of hydrogen-bond acceptors (Lipinski definition) is 1. The van der Waals surface area contributed by atoms with Crippen molar-refractivity contribution in [3.8, 4) is 0 Å². The molecule has 1 aromatic heterocycles. The van der Waals surface area contributed by atoms with Crippen LogP contribution in [0.15, 0.2) is 18.3 Å². The average molecular weight is 460 g/mol. The van der Waals surface area contributed by atoms with Crippen molar-refractivity contribution in [3.63, 3.8) is 0 Å². The van der Waals surface area contributed by atoms with Gasteiger partial charge in [0.1, 0.15) is 0 Å². The average Bonchev–Trinajstić information content (AvgIpc) is 2.03. The first-order valence-corrected chi connectivity index (χ1v) is 5.03. The summed E-state index contributed by atoms with van der Waals surface area (Å²) in [5.41, 5.74) is 0.954. The van der Waals surface area contributed by atoms with Crippen LogP contribution in [0.2, 0.25) is 0 Å². The maximum atomic E-state index is 3.68.